The van der Waals surface area contributed by atoms with Gasteiger partial charge in [0.25, 0.3) is 0 Å². The van der Waals surface area contributed by atoms with Crippen LogP contribution in [0.15, 0.2) is 18.2 Å². The molecule has 0 aliphatic carbocycles. The Kier molecular flexibility index (Phi) is 2.52. The summed E-state index contributed by atoms with van der Waals surface area (Å²) in [7, 11) is 0. The van der Waals surface area contributed by atoms with Gasteiger partial charge in [-0.25, -0.2) is 4.98 Å². The van der Waals surface area contributed by atoms with E-state index in [4.69, 9.17) is 0 Å². The highest BCUT2D eigenvalue weighted by Crippen LogP contribution is 2.24. The molecule has 1 N–H and O–H groups in total. The molecule has 0 saturated heterocycles. The number of nitrogens with zero attached hydrogens (tertiary/aromatic N) is 1. The second-order valence-electron chi connectivity index (χ2n) is 4.52. The normalized spacial score (nSPS) is 12.3. The van der Waals surface area contributed by atoms with Gasteiger partial charge in [0.1, 0.15) is 0 Å². The van der Waals surface area contributed by atoms with E-state index in [1.165, 1.54) is 10.3 Å². The quantitative estimate of drug-likeness (QED) is 0.845. The topological polar surface area (TPSA) is 33.1 Å². The molecule has 80 valence electrons. The first kappa shape index (κ1) is 10.6. The van der Waals surface area contributed by atoms with Crippen molar-refractivity contribution >= 4 is 21.6 Å². The molecule has 0 saturated carbocycles. The first-order valence-electron chi connectivity index (χ1n) is 5.02. The third kappa shape index (κ3) is 2.55. The molecule has 0 aliphatic heterocycles. The van der Waals surface area contributed by atoms with Crippen LogP contribution >= 0.6 is 11.3 Å². The minimum atomic E-state index is -0.645. The Labute approximate surface area is 93.6 Å². The summed E-state index contributed by atoms with van der Waals surface area (Å²) < 4.78 is 1.20. The van der Waals surface area contributed by atoms with E-state index in [2.05, 4.69) is 11.1 Å². The van der Waals surface area contributed by atoms with Crippen LogP contribution in [0.25, 0.3) is 10.2 Å². The maximum Gasteiger partial charge on any atom is 0.0907 e. The van der Waals surface area contributed by atoms with E-state index >= 15 is 0 Å². The molecular weight excluding hydrogens is 206 g/mol. The van der Waals surface area contributed by atoms with Crippen molar-refractivity contribution in [2.75, 3.05) is 0 Å². The van der Waals surface area contributed by atoms with Crippen molar-refractivity contribution in [1.29, 1.82) is 0 Å². The third-order valence-electron chi connectivity index (χ3n) is 2.20. The summed E-state index contributed by atoms with van der Waals surface area (Å²) in [5.41, 5.74) is 1.57. The van der Waals surface area contributed by atoms with Gasteiger partial charge in [0.05, 0.1) is 20.8 Å². The fraction of sp³-hybridized carbons (Fsp3) is 0.417. The standard InChI is InChI=1S/C12H15NOS/c1-8-13-10-5-4-9(6-11(10)15-8)7-12(2,3)14/h4-6,14H,7H2,1-3H3. The number of hydrogen-bond acceptors (Lipinski definition) is 3. The third-order valence-corrected chi connectivity index (χ3v) is 3.13. The molecule has 0 atom stereocenters. The Morgan fingerprint density at radius 2 is 2.13 bits per heavy atom. The Balaban J connectivity index is 2.38. The van der Waals surface area contributed by atoms with Crippen LogP contribution in [0.3, 0.4) is 0 Å². The van der Waals surface area contributed by atoms with Crippen LogP contribution in [0.2, 0.25) is 0 Å². The highest BCUT2D eigenvalue weighted by Gasteiger charge is 2.13. The average molecular weight is 221 g/mol. The fourth-order valence-electron chi connectivity index (χ4n) is 1.69. The molecule has 0 aliphatic rings. The van der Waals surface area contributed by atoms with Gasteiger partial charge in [-0.1, -0.05) is 6.07 Å². The SMILES string of the molecule is Cc1nc2ccc(CC(C)(C)O)cc2s1. The zero-order valence-electron chi connectivity index (χ0n) is 9.24. The van der Waals surface area contributed by atoms with Gasteiger partial charge < -0.3 is 5.11 Å². The molecule has 2 nitrogen and oxygen atoms in total. The van der Waals surface area contributed by atoms with Gasteiger partial charge in [0.15, 0.2) is 0 Å². The monoisotopic (exact) mass is 221 g/mol. The predicted octanol–water partition coefficient (Wildman–Crippen LogP) is 2.92. The Hall–Kier alpha value is -0.930. The molecule has 0 spiro atoms. The molecule has 0 unspecified atom stereocenters. The zero-order valence-corrected chi connectivity index (χ0v) is 10.1. The van der Waals surface area contributed by atoms with Gasteiger partial charge in [-0.3, -0.25) is 0 Å². The molecule has 1 heterocycles. The van der Waals surface area contributed by atoms with Crippen LogP contribution in [-0.4, -0.2) is 15.7 Å². The van der Waals surface area contributed by atoms with Crippen LogP contribution in [-0.2, 0) is 6.42 Å². The Morgan fingerprint density at radius 3 is 2.80 bits per heavy atom. The van der Waals surface area contributed by atoms with E-state index in [9.17, 15) is 5.11 Å². The maximum absolute atomic E-state index is 9.74. The molecule has 0 bridgehead atoms. The van der Waals surface area contributed by atoms with E-state index in [-0.39, 0.29) is 0 Å². The van der Waals surface area contributed by atoms with Crippen molar-refractivity contribution < 1.29 is 5.11 Å². The molecule has 2 aromatic rings. The van der Waals surface area contributed by atoms with Crippen LogP contribution < -0.4 is 0 Å². The molecular formula is C12H15NOS. The molecule has 15 heavy (non-hydrogen) atoms. The molecule has 0 radical (unpaired) electrons. The van der Waals surface area contributed by atoms with Crippen molar-refractivity contribution in [3.63, 3.8) is 0 Å². The predicted molar refractivity (Wildman–Crippen MR) is 64.4 cm³/mol. The number of rotatable bonds is 2. The number of thiazole rings is 1. The number of benzene rings is 1. The highest BCUT2D eigenvalue weighted by molar-refractivity contribution is 7.18. The highest BCUT2D eigenvalue weighted by atomic mass is 32.1. The van der Waals surface area contributed by atoms with Crippen LogP contribution in [0.1, 0.15) is 24.4 Å². The molecule has 1 aromatic carbocycles. The van der Waals surface area contributed by atoms with Crippen molar-refractivity contribution in [3.8, 4) is 0 Å². The Bertz CT molecular complexity index is 482. The second-order valence-corrected chi connectivity index (χ2v) is 5.76. The smallest absolute Gasteiger partial charge is 0.0907 e. The van der Waals surface area contributed by atoms with Crippen molar-refractivity contribution in [1.82, 2.24) is 4.98 Å². The summed E-state index contributed by atoms with van der Waals surface area (Å²) >= 11 is 1.70. The first-order valence-corrected chi connectivity index (χ1v) is 5.84. The number of fused-ring (bicyclic) bond motifs is 1. The largest absolute Gasteiger partial charge is 0.390 e. The minimum absolute atomic E-state index is 0.645. The minimum Gasteiger partial charge on any atom is -0.390 e. The van der Waals surface area contributed by atoms with Gasteiger partial charge in [-0.15, -0.1) is 11.3 Å². The summed E-state index contributed by atoms with van der Waals surface area (Å²) in [6.45, 7) is 5.67. The van der Waals surface area contributed by atoms with E-state index < -0.39 is 5.60 Å². The van der Waals surface area contributed by atoms with Gasteiger partial charge in [-0.2, -0.15) is 0 Å². The fourth-order valence-corrected chi connectivity index (χ4v) is 2.58. The number of aromatic nitrogens is 1. The lowest BCUT2D eigenvalue weighted by atomic mass is 9.99. The Morgan fingerprint density at radius 1 is 1.40 bits per heavy atom. The summed E-state index contributed by atoms with van der Waals surface area (Å²) in [5, 5.41) is 10.8. The average Bonchev–Trinajstić information content (AvgIpc) is 2.40. The molecule has 2 rings (SSSR count). The maximum atomic E-state index is 9.74. The lowest BCUT2D eigenvalue weighted by molar-refractivity contribution is 0.0810. The molecule has 1 aromatic heterocycles. The molecule has 0 amide bonds. The number of hydrogen-bond donors (Lipinski definition) is 1. The van der Waals surface area contributed by atoms with E-state index in [0.29, 0.717) is 6.42 Å². The molecule has 3 heteroatoms. The molecule has 0 fully saturated rings. The summed E-state index contributed by atoms with van der Waals surface area (Å²) in [6, 6.07) is 6.19. The number of aliphatic hydroxyl groups is 1. The van der Waals surface area contributed by atoms with Crippen LogP contribution in [0.5, 0.6) is 0 Å². The van der Waals surface area contributed by atoms with E-state index in [1.807, 2.05) is 32.9 Å². The first-order chi connectivity index (χ1) is 6.94. The second kappa shape index (κ2) is 3.58. The van der Waals surface area contributed by atoms with Gasteiger partial charge in [0.2, 0.25) is 0 Å². The van der Waals surface area contributed by atoms with Crippen molar-refractivity contribution in [2.24, 2.45) is 0 Å². The van der Waals surface area contributed by atoms with Gasteiger partial charge in [0, 0.05) is 6.42 Å². The van der Waals surface area contributed by atoms with Crippen molar-refractivity contribution in [3.05, 3.63) is 28.8 Å². The van der Waals surface area contributed by atoms with Crippen LogP contribution in [0, 0.1) is 6.92 Å². The lowest BCUT2D eigenvalue weighted by Crippen LogP contribution is -2.21. The van der Waals surface area contributed by atoms with E-state index in [1.54, 1.807) is 11.3 Å². The van der Waals surface area contributed by atoms with E-state index in [0.717, 1.165) is 10.5 Å². The summed E-state index contributed by atoms with van der Waals surface area (Å²) in [6.07, 6.45) is 0.680. The van der Waals surface area contributed by atoms with Crippen molar-refractivity contribution in [2.45, 2.75) is 32.8 Å². The summed E-state index contributed by atoms with van der Waals surface area (Å²) in [4.78, 5) is 4.41. The van der Waals surface area contributed by atoms with Crippen LogP contribution in [0.4, 0.5) is 0 Å². The summed E-state index contributed by atoms with van der Waals surface area (Å²) in [5.74, 6) is 0. The zero-order chi connectivity index (χ0) is 11.1. The van der Waals surface area contributed by atoms with Gasteiger partial charge in [-0.05, 0) is 38.5 Å². The number of aryl methyl sites for hydroxylation is 1. The van der Waals surface area contributed by atoms with Gasteiger partial charge >= 0.3 is 0 Å². The lowest BCUT2D eigenvalue weighted by Gasteiger charge is -2.16.